The van der Waals surface area contributed by atoms with Gasteiger partial charge in [-0.05, 0) is 24.3 Å². The lowest BCUT2D eigenvalue weighted by atomic mass is 9.95. The van der Waals surface area contributed by atoms with Crippen LogP contribution in [0.5, 0.6) is 17.2 Å². The number of carbonyl (C=O) groups excluding carboxylic acids is 3. The summed E-state index contributed by atoms with van der Waals surface area (Å²) in [5, 5.41) is 19.4. The number of carbonyl (C=O) groups is 5. The molecule has 3 aromatic rings. The van der Waals surface area contributed by atoms with Gasteiger partial charge in [-0.1, -0.05) is 35.9 Å². The molecule has 0 fully saturated rings. The Morgan fingerprint density at radius 2 is 0.974 bits per heavy atom. The number of para-hydroxylation sites is 2. The molecular formula is C28H23ClO10. The molecule has 0 saturated carbocycles. The van der Waals surface area contributed by atoms with Crippen LogP contribution in [0.15, 0.2) is 48.5 Å². The lowest BCUT2D eigenvalue weighted by molar-refractivity contribution is -0.132. The molecule has 10 nitrogen and oxygen atoms in total. The SMILES string of the molecule is CC(=O)Oc1c(Cc2cccc(C(=O)O)c2OC(C)=O)cc(Cl)cc1Cc1cccc(C(=O)O)c1OC(C)=O. The summed E-state index contributed by atoms with van der Waals surface area (Å²) in [7, 11) is 0. The number of ether oxygens (including phenoxy) is 3. The number of carboxylic acids is 2. The van der Waals surface area contributed by atoms with E-state index < -0.39 is 29.8 Å². The van der Waals surface area contributed by atoms with Gasteiger partial charge in [0.15, 0.2) is 0 Å². The summed E-state index contributed by atoms with van der Waals surface area (Å²) in [5.41, 5.74) is 0.838. The molecule has 0 unspecified atom stereocenters. The minimum atomic E-state index is -1.31. The highest BCUT2D eigenvalue weighted by Gasteiger charge is 2.23. The molecule has 0 radical (unpaired) electrons. The Morgan fingerprint density at radius 1 is 0.615 bits per heavy atom. The first-order valence-electron chi connectivity index (χ1n) is 11.4. The Labute approximate surface area is 227 Å². The summed E-state index contributed by atoms with van der Waals surface area (Å²) in [6, 6.07) is 11.6. The molecule has 0 amide bonds. The zero-order valence-electron chi connectivity index (χ0n) is 21.1. The number of benzene rings is 3. The van der Waals surface area contributed by atoms with Crippen LogP contribution in [0.1, 0.15) is 63.7 Å². The van der Waals surface area contributed by atoms with Crippen molar-refractivity contribution in [2.24, 2.45) is 0 Å². The van der Waals surface area contributed by atoms with Crippen molar-refractivity contribution >= 4 is 41.4 Å². The van der Waals surface area contributed by atoms with Gasteiger partial charge in [0.05, 0.1) is 0 Å². The van der Waals surface area contributed by atoms with E-state index >= 15 is 0 Å². The van der Waals surface area contributed by atoms with Crippen LogP contribution in [0.4, 0.5) is 0 Å². The third kappa shape index (κ3) is 7.20. The molecule has 3 aromatic carbocycles. The van der Waals surface area contributed by atoms with Crippen LogP contribution in [0.2, 0.25) is 5.02 Å². The molecule has 2 N–H and O–H groups in total. The maximum Gasteiger partial charge on any atom is 0.339 e. The predicted octanol–water partition coefficient (Wildman–Crippen LogP) is 4.69. The largest absolute Gasteiger partial charge is 0.478 e. The summed E-state index contributed by atoms with van der Waals surface area (Å²) in [5.74, 6) is -5.00. The van der Waals surface area contributed by atoms with Gasteiger partial charge in [-0.25, -0.2) is 9.59 Å². The van der Waals surface area contributed by atoms with Crippen LogP contribution in [-0.4, -0.2) is 40.1 Å². The molecule has 0 aliphatic rings. The van der Waals surface area contributed by atoms with Gasteiger partial charge in [0.1, 0.15) is 28.4 Å². The lowest BCUT2D eigenvalue weighted by Crippen LogP contribution is -2.12. The summed E-state index contributed by atoms with van der Waals surface area (Å²) in [6.07, 6.45) is -0.0995. The molecule has 3 rings (SSSR count). The first-order valence-corrected chi connectivity index (χ1v) is 11.8. The second-order valence-corrected chi connectivity index (χ2v) is 8.82. The second-order valence-electron chi connectivity index (χ2n) is 8.39. The molecule has 0 aliphatic heterocycles. The fourth-order valence-electron chi connectivity index (χ4n) is 3.97. The van der Waals surface area contributed by atoms with E-state index in [-0.39, 0.29) is 46.2 Å². The van der Waals surface area contributed by atoms with E-state index in [4.69, 9.17) is 25.8 Å². The predicted molar refractivity (Wildman–Crippen MR) is 138 cm³/mol. The van der Waals surface area contributed by atoms with Crippen LogP contribution in [0, 0.1) is 0 Å². The normalized spacial score (nSPS) is 10.5. The molecule has 0 atom stereocenters. The summed E-state index contributed by atoms with van der Waals surface area (Å²) in [4.78, 5) is 59.0. The molecule has 0 aliphatic carbocycles. The fourth-order valence-corrected chi connectivity index (χ4v) is 4.24. The molecule has 0 bridgehead atoms. The average Bonchev–Trinajstić information content (AvgIpc) is 2.82. The molecule has 39 heavy (non-hydrogen) atoms. The number of esters is 3. The van der Waals surface area contributed by atoms with Gasteiger partial charge in [-0.3, -0.25) is 14.4 Å². The first kappa shape index (κ1) is 28.9. The van der Waals surface area contributed by atoms with E-state index in [1.165, 1.54) is 43.3 Å². The Kier molecular flexibility index (Phi) is 9.05. The van der Waals surface area contributed by atoms with E-state index in [9.17, 15) is 34.2 Å². The molecule has 11 heteroatoms. The third-order valence-corrected chi connectivity index (χ3v) is 5.58. The highest BCUT2D eigenvalue weighted by molar-refractivity contribution is 6.30. The monoisotopic (exact) mass is 554 g/mol. The van der Waals surface area contributed by atoms with E-state index in [0.717, 1.165) is 13.8 Å². The van der Waals surface area contributed by atoms with Gasteiger partial charge in [0, 0.05) is 60.9 Å². The topological polar surface area (TPSA) is 154 Å². The molecule has 0 aromatic heterocycles. The minimum absolute atomic E-state index is 0.0497. The Balaban J connectivity index is 2.19. The van der Waals surface area contributed by atoms with E-state index in [1.54, 1.807) is 12.1 Å². The lowest BCUT2D eigenvalue weighted by Gasteiger charge is -2.18. The second kappa shape index (κ2) is 12.2. The molecule has 0 saturated heterocycles. The molecule has 0 spiro atoms. The first-order chi connectivity index (χ1) is 18.4. The average molecular weight is 555 g/mol. The van der Waals surface area contributed by atoms with Crippen molar-refractivity contribution in [1.82, 2.24) is 0 Å². The van der Waals surface area contributed by atoms with Crippen LogP contribution < -0.4 is 14.2 Å². The van der Waals surface area contributed by atoms with Gasteiger partial charge in [0.25, 0.3) is 0 Å². The Hall–Kier alpha value is -4.70. The van der Waals surface area contributed by atoms with Crippen LogP contribution >= 0.6 is 11.6 Å². The third-order valence-electron chi connectivity index (χ3n) is 5.36. The molecule has 0 heterocycles. The summed E-state index contributed by atoms with van der Waals surface area (Å²) < 4.78 is 15.9. The van der Waals surface area contributed by atoms with Gasteiger partial charge >= 0.3 is 29.8 Å². The maximum absolute atomic E-state index is 12.1. The minimum Gasteiger partial charge on any atom is -0.478 e. The van der Waals surface area contributed by atoms with E-state index in [1.807, 2.05) is 0 Å². The number of aromatic carboxylic acids is 2. The van der Waals surface area contributed by atoms with Crippen LogP contribution in [0.25, 0.3) is 0 Å². The standard InChI is InChI=1S/C28H23ClO10/c1-14(30)37-24-19(10-17-6-4-8-22(27(33)34)25(17)38-15(2)31)12-21(29)13-20(24)11-18-7-5-9-23(28(35)36)26(18)39-16(3)32/h4-9,12-13H,10-11H2,1-3H3,(H,33,34)(H,35,36). The van der Waals surface area contributed by atoms with Crippen molar-refractivity contribution in [3.05, 3.63) is 86.9 Å². The van der Waals surface area contributed by atoms with Crippen LogP contribution in [-0.2, 0) is 27.2 Å². The van der Waals surface area contributed by atoms with Crippen molar-refractivity contribution in [3.63, 3.8) is 0 Å². The Bertz CT molecular complexity index is 1390. The van der Waals surface area contributed by atoms with Crippen molar-refractivity contribution in [2.45, 2.75) is 33.6 Å². The smallest absolute Gasteiger partial charge is 0.339 e. The van der Waals surface area contributed by atoms with E-state index in [2.05, 4.69) is 0 Å². The number of halogens is 1. The van der Waals surface area contributed by atoms with E-state index in [0.29, 0.717) is 22.3 Å². The number of hydrogen-bond donors (Lipinski definition) is 2. The summed E-state index contributed by atoms with van der Waals surface area (Å²) >= 11 is 6.40. The maximum atomic E-state index is 12.1. The van der Waals surface area contributed by atoms with Gasteiger partial charge in [-0.2, -0.15) is 0 Å². The zero-order valence-corrected chi connectivity index (χ0v) is 21.8. The van der Waals surface area contributed by atoms with Gasteiger partial charge in [0.2, 0.25) is 0 Å². The quantitative estimate of drug-likeness (QED) is 0.281. The fraction of sp³-hybridized carbons (Fsp3) is 0.179. The summed E-state index contributed by atoms with van der Waals surface area (Å²) in [6.45, 7) is 3.46. The van der Waals surface area contributed by atoms with Crippen molar-refractivity contribution in [3.8, 4) is 17.2 Å². The number of hydrogen-bond acceptors (Lipinski definition) is 8. The van der Waals surface area contributed by atoms with Gasteiger partial charge < -0.3 is 24.4 Å². The molecule has 202 valence electrons. The highest BCUT2D eigenvalue weighted by Crippen LogP contribution is 2.37. The number of rotatable bonds is 9. The van der Waals surface area contributed by atoms with Crippen molar-refractivity contribution in [2.75, 3.05) is 0 Å². The van der Waals surface area contributed by atoms with Crippen molar-refractivity contribution < 1.29 is 48.4 Å². The number of carboxylic acid groups (broad SMARTS) is 2. The molecular weight excluding hydrogens is 532 g/mol. The van der Waals surface area contributed by atoms with Gasteiger partial charge in [-0.15, -0.1) is 0 Å². The zero-order chi connectivity index (χ0) is 28.9. The van der Waals surface area contributed by atoms with Crippen molar-refractivity contribution in [1.29, 1.82) is 0 Å². The van der Waals surface area contributed by atoms with Crippen LogP contribution in [0.3, 0.4) is 0 Å². The highest BCUT2D eigenvalue weighted by atomic mass is 35.5. The Morgan fingerprint density at radius 3 is 1.31 bits per heavy atom.